The summed E-state index contributed by atoms with van der Waals surface area (Å²) in [6.07, 6.45) is 1.10. The molecule has 0 saturated carbocycles. The molecule has 1 rings (SSSR count). The molecule has 1 amide bonds. The number of nitrogens with one attached hydrogen (secondary N) is 2. The molecule has 1 aromatic heterocycles. The van der Waals surface area contributed by atoms with E-state index in [0.29, 0.717) is 24.7 Å². The van der Waals surface area contributed by atoms with Crippen molar-refractivity contribution in [3.8, 4) is 0 Å². The second-order valence-electron chi connectivity index (χ2n) is 5.18. The number of aromatic amines is 1. The van der Waals surface area contributed by atoms with E-state index < -0.39 is 0 Å². The first-order chi connectivity index (χ1) is 8.86. The molecule has 0 spiro atoms. The number of nitrogens with zero attached hydrogens (tertiary/aromatic N) is 1. The van der Waals surface area contributed by atoms with E-state index in [9.17, 15) is 9.59 Å². The van der Waals surface area contributed by atoms with E-state index >= 15 is 0 Å². The van der Waals surface area contributed by atoms with Gasteiger partial charge in [-0.2, -0.15) is 0 Å². The van der Waals surface area contributed by atoms with Crippen LogP contribution >= 0.6 is 0 Å². The number of hydrogen-bond donors (Lipinski definition) is 2. The molecule has 0 bridgehead atoms. The summed E-state index contributed by atoms with van der Waals surface area (Å²) in [5.41, 5.74) is 3.22. The molecule has 106 valence electrons. The van der Waals surface area contributed by atoms with Crippen LogP contribution in [0.5, 0.6) is 0 Å². The Hall–Kier alpha value is -1.62. The van der Waals surface area contributed by atoms with Gasteiger partial charge in [-0.25, -0.2) is 0 Å². The number of likely N-dealkylation sites (N-methyl/N-ethyl adjacent to an activating group) is 1. The molecule has 0 aliphatic carbocycles. The highest BCUT2D eigenvalue weighted by Gasteiger charge is 2.14. The number of aldehydes is 1. The molecular formula is C14H23N3O2. The second-order valence-corrected chi connectivity index (χ2v) is 5.18. The van der Waals surface area contributed by atoms with Gasteiger partial charge < -0.3 is 15.2 Å². The van der Waals surface area contributed by atoms with Crippen LogP contribution < -0.4 is 5.32 Å². The normalized spacial score (nSPS) is 12.5. The average molecular weight is 265 g/mol. The number of aryl methyl sites for hydroxylation is 1. The SMILES string of the molecule is Cc1[nH]c(C=O)c(C)c1CC(=O)NCC(C)N(C)C. The zero-order chi connectivity index (χ0) is 14.6. The molecule has 0 aromatic carbocycles. The van der Waals surface area contributed by atoms with Crippen LogP contribution in [0.1, 0.15) is 34.2 Å². The summed E-state index contributed by atoms with van der Waals surface area (Å²) in [5, 5.41) is 2.91. The van der Waals surface area contributed by atoms with E-state index in [-0.39, 0.29) is 5.91 Å². The highest BCUT2D eigenvalue weighted by atomic mass is 16.1. The monoisotopic (exact) mass is 265 g/mol. The topological polar surface area (TPSA) is 65.2 Å². The van der Waals surface area contributed by atoms with Crippen molar-refractivity contribution in [2.75, 3.05) is 20.6 Å². The van der Waals surface area contributed by atoms with Crippen LogP contribution in [0.4, 0.5) is 0 Å². The van der Waals surface area contributed by atoms with Gasteiger partial charge in [0.05, 0.1) is 12.1 Å². The van der Waals surface area contributed by atoms with Gasteiger partial charge in [0, 0.05) is 18.3 Å². The van der Waals surface area contributed by atoms with Crippen LogP contribution in [0, 0.1) is 13.8 Å². The van der Waals surface area contributed by atoms with Crippen LogP contribution in [0.25, 0.3) is 0 Å². The van der Waals surface area contributed by atoms with Crippen molar-refractivity contribution >= 4 is 12.2 Å². The van der Waals surface area contributed by atoms with Crippen LogP contribution in [-0.4, -0.2) is 48.8 Å². The minimum atomic E-state index is -0.0173. The van der Waals surface area contributed by atoms with E-state index in [1.807, 2.05) is 27.9 Å². The van der Waals surface area contributed by atoms with Crippen molar-refractivity contribution in [2.45, 2.75) is 33.2 Å². The van der Waals surface area contributed by atoms with Crippen LogP contribution in [0.3, 0.4) is 0 Å². The fourth-order valence-electron chi connectivity index (χ4n) is 1.87. The summed E-state index contributed by atoms with van der Waals surface area (Å²) >= 11 is 0. The number of carbonyl (C=O) groups is 2. The van der Waals surface area contributed by atoms with Crippen LogP contribution in [-0.2, 0) is 11.2 Å². The van der Waals surface area contributed by atoms with Crippen molar-refractivity contribution in [3.63, 3.8) is 0 Å². The minimum Gasteiger partial charge on any atom is -0.356 e. The molecule has 1 unspecified atom stereocenters. The summed E-state index contributed by atoms with van der Waals surface area (Å²) in [4.78, 5) is 27.8. The number of aromatic nitrogens is 1. The molecule has 2 N–H and O–H groups in total. The van der Waals surface area contributed by atoms with E-state index in [4.69, 9.17) is 0 Å². The Morgan fingerprint density at radius 2 is 2.05 bits per heavy atom. The molecule has 0 radical (unpaired) electrons. The summed E-state index contributed by atoms with van der Waals surface area (Å²) in [6.45, 7) is 6.41. The minimum absolute atomic E-state index is 0.0173. The Balaban J connectivity index is 2.62. The lowest BCUT2D eigenvalue weighted by Crippen LogP contribution is -2.38. The zero-order valence-electron chi connectivity index (χ0n) is 12.3. The standard InChI is InChI=1S/C14H23N3O2/c1-9(17(4)5)7-15-14(19)6-12-10(2)13(8-18)16-11(12)3/h8-9,16H,6-7H2,1-5H3,(H,15,19). The van der Waals surface area contributed by atoms with Crippen molar-refractivity contribution in [3.05, 3.63) is 22.5 Å². The van der Waals surface area contributed by atoms with Gasteiger partial charge in [0.1, 0.15) is 0 Å². The van der Waals surface area contributed by atoms with Gasteiger partial charge >= 0.3 is 0 Å². The Bertz CT molecular complexity index is 464. The van der Waals surface area contributed by atoms with Crippen molar-refractivity contribution in [1.29, 1.82) is 0 Å². The predicted octanol–water partition coefficient (Wildman–Crippen LogP) is 1.05. The van der Waals surface area contributed by atoms with E-state index in [0.717, 1.165) is 23.1 Å². The molecule has 0 saturated heterocycles. The Kier molecular flexibility index (Phi) is 5.30. The summed E-state index contributed by atoms with van der Waals surface area (Å²) in [5.74, 6) is -0.0173. The quantitative estimate of drug-likeness (QED) is 0.756. The summed E-state index contributed by atoms with van der Waals surface area (Å²) < 4.78 is 0. The highest BCUT2D eigenvalue weighted by Crippen LogP contribution is 2.16. The highest BCUT2D eigenvalue weighted by molar-refractivity contribution is 5.82. The van der Waals surface area contributed by atoms with Gasteiger partial charge in [-0.3, -0.25) is 9.59 Å². The molecule has 5 heteroatoms. The van der Waals surface area contributed by atoms with Crippen LogP contribution in [0.15, 0.2) is 0 Å². The number of H-pyrrole nitrogens is 1. The van der Waals surface area contributed by atoms with Gasteiger partial charge in [-0.05, 0) is 46.0 Å². The number of rotatable bonds is 6. The van der Waals surface area contributed by atoms with E-state index in [1.54, 1.807) is 0 Å². The third-order valence-corrected chi connectivity index (χ3v) is 3.56. The maximum atomic E-state index is 11.9. The molecule has 19 heavy (non-hydrogen) atoms. The predicted molar refractivity (Wildman–Crippen MR) is 75.5 cm³/mol. The van der Waals surface area contributed by atoms with E-state index in [2.05, 4.69) is 22.1 Å². The maximum Gasteiger partial charge on any atom is 0.224 e. The smallest absolute Gasteiger partial charge is 0.224 e. The summed E-state index contributed by atoms with van der Waals surface area (Å²) in [7, 11) is 3.96. The largest absolute Gasteiger partial charge is 0.356 e. The second kappa shape index (κ2) is 6.52. The third kappa shape index (κ3) is 3.92. The average Bonchev–Trinajstić information content (AvgIpc) is 2.63. The Morgan fingerprint density at radius 3 is 2.53 bits per heavy atom. The van der Waals surface area contributed by atoms with E-state index in [1.165, 1.54) is 0 Å². The number of carbonyl (C=O) groups excluding carboxylic acids is 2. The van der Waals surface area contributed by atoms with Crippen molar-refractivity contribution in [1.82, 2.24) is 15.2 Å². The summed E-state index contributed by atoms with van der Waals surface area (Å²) in [6, 6.07) is 0.294. The van der Waals surface area contributed by atoms with Gasteiger partial charge in [0.15, 0.2) is 6.29 Å². The lowest BCUT2D eigenvalue weighted by atomic mass is 10.1. The molecule has 1 atom stereocenters. The van der Waals surface area contributed by atoms with Gasteiger partial charge in [0.25, 0.3) is 0 Å². The molecule has 0 fully saturated rings. The van der Waals surface area contributed by atoms with Gasteiger partial charge in [-0.15, -0.1) is 0 Å². The van der Waals surface area contributed by atoms with Gasteiger partial charge in [0.2, 0.25) is 5.91 Å². The van der Waals surface area contributed by atoms with Crippen molar-refractivity contribution < 1.29 is 9.59 Å². The number of amides is 1. The third-order valence-electron chi connectivity index (χ3n) is 3.56. The first kappa shape index (κ1) is 15.4. The zero-order valence-corrected chi connectivity index (χ0v) is 12.3. The molecule has 5 nitrogen and oxygen atoms in total. The molecule has 0 aliphatic rings. The number of hydrogen-bond acceptors (Lipinski definition) is 3. The Morgan fingerprint density at radius 1 is 1.42 bits per heavy atom. The maximum absolute atomic E-state index is 11.9. The Labute approximate surface area is 114 Å². The molecular weight excluding hydrogens is 242 g/mol. The van der Waals surface area contributed by atoms with Crippen molar-refractivity contribution in [2.24, 2.45) is 0 Å². The molecule has 1 heterocycles. The fourth-order valence-corrected chi connectivity index (χ4v) is 1.87. The lowest BCUT2D eigenvalue weighted by molar-refractivity contribution is -0.120. The van der Waals surface area contributed by atoms with Gasteiger partial charge in [-0.1, -0.05) is 0 Å². The molecule has 1 aromatic rings. The molecule has 0 aliphatic heterocycles. The first-order valence-electron chi connectivity index (χ1n) is 6.43. The first-order valence-corrected chi connectivity index (χ1v) is 6.43. The van der Waals surface area contributed by atoms with Crippen LogP contribution in [0.2, 0.25) is 0 Å². The fraction of sp³-hybridized carbons (Fsp3) is 0.571. The lowest BCUT2D eigenvalue weighted by Gasteiger charge is -2.20.